The molecule has 6 amide bonds. The number of carbonyl (C=O) groups excluding carboxylic acids is 6. The van der Waals surface area contributed by atoms with E-state index in [9.17, 15) is 39.0 Å². The van der Waals surface area contributed by atoms with Crippen LogP contribution in [0, 0.1) is 25.7 Å². The average molecular weight is 1360 g/mol. The summed E-state index contributed by atoms with van der Waals surface area (Å²) in [6.07, 6.45) is -2.02. The van der Waals surface area contributed by atoms with Gasteiger partial charge in [-0.3, -0.25) is 19.2 Å². The molecular formula is C70H96N12O12S2. The maximum Gasteiger partial charge on any atom is 0.410 e. The first kappa shape index (κ1) is 72.3. The van der Waals surface area contributed by atoms with Crippen molar-refractivity contribution in [1.29, 1.82) is 0 Å². The Morgan fingerprint density at radius 1 is 0.542 bits per heavy atom. The van der Waals surface area contributed by atoms with E-state index in [0.717, 1.165) is 43.4 Å². The number of aryl methyl sites for hydroxylation is 2. The number of anilines is 2. The van der Waals surface area contributed by atoms with Crippen molar-refractivity contribution >= 4 is 70.1 Å². The van der Waals surface area contributed by atoms with Crippen LogP contribution in [-0.4, -0.2) is 186 Å². The molecule has 24 nitrogen and oxygen atoms in total. The minimum absolute atomic E-state index is 0.0581. The summed E-state index contributed by atoms with van der Waals surface area (Å²) in [5.74, 6) is -0.964. The van der Waals surface area contributed by atoms with Crippen molar-refractivity contribution in [1.82, 2.24) is 50.5 Å². The predicted octanol–water partition coefficient (Wildman–Crippen LogP) is 10.3. The smallest absolute Gasteiger partial charge is 0.410 e. The molecule has 96 heavy (non-hydrogen) atoms. The number of aliphatic hydroxyl groups is 2. The van der Waals surface area contributed by atoms with Gasteiger partial charge >= 0.3 is 12.2 Å². The van der Waals surface area contributed by atoms with Crippen molar-refractivity contribution in [3.8, 4) is 20.9 Å². The molecule has 26 heteroatoms. The van der Waals surface area contributed by atoms with Crippen LogP contribution in [0.1, 0.15) is 168 Å². The number of piperazine rings is 2. The van der Waals surface area contributed by atoms with Crippen LogP contribution < -0.4 is 20.4 Å². The number of ether oxygens (including phenoxy) is 2. The van der Waals surface area contributed by atoms with Gasteiger partial charge in [0.25, 0.3) is 0 Å². The Morgan fingerprint density at radius 2 is 0.896 bits per heavy atom. The van der Waals surface area contributed by atoms with Crippen LogP contribution in [0.4, 0.5) is 21.2 Å². The zero-order valence-electron chi connectivity index (χ0n) is 58.2. The molecule has 0 saturated carbocycles. The highest BCUT2D eigenvalue weighted by Crippen LogP contribution is 2.37. The van der Waals surface area contributed by atoms with Crippen LogP contribution in [0.3, 0.4) is 0 Å². The number of amides is 6. The first-order chi connectivity index (χ1) is 45.2. The maximum atomic E-state index is 14.1. The van der Waals surface area contributed by atoms with Crippen molar-refractivity contribution in [2.45, 2.75) is 195 Å². The molecule has 4 N–H and O–H groups in total. The van der Waals surface area contributed by atoms with E-state index >= 15 is 0 Å². The standard InChI is InChI=1S/2C35H48N6O6S/c2*1-20(2)30(28-16-29(38-47-28)39-13-14-40(21(3)17-39)34(45)46-35(6,7)8)33(44)41-18-26(42)15-27(41)32(43)37-22(4)24-9-11-25(12-10-24)31-23(5)36-19-48-31/h2*9-12,16,19-22,26-27,30,42H,13-15,17-18H2,1-8H3,(H,37,43)/t2*21-,22+,26-,27+,30-/m11/s1. The first-order valence-electron chi connectivity index (χ1n) is 33.3. The molecule has 4 aliphatic rings. The molecule has 4 aliphatic heterocycles. The second-order valence-electron chi connectivity index (χ2n) is 28.6. The number of rotatable bonds is 16. The Labute approximate surface area is 571 Å². The van der Waals surface area contributed by atoms with Crippen LogP contribution in [-0.2, 0) is 28.7 Å². The molecule has 0 bridgehead atoms. The van der Waals surface area contributed by atoms with Crippen LogP contribution in [0.25, 0.3) is 20.9 Å². The summed E-state index contributed by atoms with van der Waals surface area (Å²) in [7, 11) is 0. The lowest BCUT2D eigenvalue weighted by atomic mass is 9.91. The predicted molar refractivity (Wildman–Crippen MR) is 367 cm³/mol. The van der Waals surface area contributed by atoms with E-state index in [-0.39, 0.29) is 97.7 Å². The second-order valence-corrected chi connectivity index (χ2v) is 30.3. The zero-order valence-corrected chi connectivity index (χ0v) is 59.8. The van der Waals surface area contributed by atoms with E-state index in [1.165, 1.54) is 9.80 Å². The number of thiazole rings is 2. The number of benzene rings is 2. The zero-order chi connectivity index (χ0) is 69.8. The van der Waals surface area contributed by atoms with Crippen molar-refractivity contribution in [3.05, 3.63) is 106 Å². The van der Waals surface area contributed by atoms with E-state index in [1.54, 1.807) is 44.6 Å². The molecule has 6 aromatic rings. The van der Waals surface area contributed by atoms with Gasteiger partial charge in [0.05, 0.1) is 56.5 Å². The summed E-state index contributed by atoms with van der Waals surface area (Å²) in [6.45, 7) is 33.6. The van der Waals surface area contributed by atoms with Crippen molar-refractivity contribution < 1.29 is 57.5 Å². The summed E-state index contributed by atoms with van der Waals surface area (Å²) in [5, 5.41) is 36.0. The molecule has 2 aromatic carbocycles. The number of nitrogens with one attached hydrogen (secondary N) is 2. The van der Waals surface area contributed by atoms with Crippen molar-refractivity contribution in [2.24, 2.45) is 11.8 Å². The Morgan fingerprint density at radius 3 is 1.20 bits per heavy atom. The monoisotopic (exact) mass is 1360 g/mol. The molecule has 4 fully saturated rings. The van der Waals surface area contributed by atoms with Crippen molar-refractivity contribution in [3.63, 3.8) is 0 Å². The summed E-state index contributed by atoms with van der Waals surface area (Å²) in [4.78, 5) is 102. The summed E-state index contributed by atoms with van der Waals surface area (Å²) < 4.78 is 22.7. The minimum Gasteiger partial charge on any atom is -0.444 e. The molecule has 0 radical (unpaired) electrons. The lowest BCUT2D eigenvalue weighted by molar-refractivity contribution is -0.141. The summed E-state index contributed by atoms with van der Waals surface area (Å²) >= 11 is 3.18. The molecule has 0 aliphatic carbocycles. The largest absolute Gasteiger partial charge is 0.444 e. The van der Waals surface area contributed by atoms with E-state index in [1.807, 2.05) is 180 Å². The van der Waals surface area contributed by atoms with Gasteiger partial charge in [0, 0.05) is 89.4 Å². The first-order valence-corrected chi connectivity index (χ1v) is 35.0. The molecule has 4 saturated heterocycles. The number of aromatic nitrogens is 4. The van der Waals surface area contributed by atoms with Crippen LogP contribution in [0.2, 0.25) is 0 Å². The third-order valence-corrected chi connectivity index (χ3v) is 19.9. The fourth-order valence-electron chi connectivity index (χ4n) is 12.9. The van der Waals surface area contributed by atoms with E-state index in [4.69, 9.17) is 18.5 Å². The highest BCUT2D eigenvalue weighted by atomic mass is 32.1. The van der Waals surface area contributed by atoms with Crippen LogP contribution in [0.5, 0.6) is 0 Å². The Hall–Kier alpha value is -7.94. The SMILES string of the molecule is Cc1ncsc1-c1ccc([C@H](C)NC(=O)[C@@H]2C[C@@H](O)CN2C(=O)[C@@H](c2cc(N3CCN(C(=O)OC(C)(C)C)[C@H](C)C3)no2)C(C)C)cc1.Cc1ncsc1-c1ccc([C@H](C)NC(=O)[C@@H]2C[C@@H](O)CN2C(=O)[C@@H](c2cc(N3CCN(C(=O)OC(C)(C)C)[C@H](C)C3)no2)C(C)C)cc1. The number of hydrogen-bond acceptors (Lipinski definition) is 20. The van der Waals surface area contributed by atoms with Crippen LogP contribution >= 0.6 is 22.7 Å². The summed E-state index contributed by atoms with van der Waals surface area (Å²) in [6, 6.07) is 17.1. The van der Waals surface area contributed by atoms with Gasteiger partial charge in [0.1, 0.15) is 35.1 Å². The molecule has 0 spiro atoms. The molecule has 10 atom stereocenters. The Kier molecular flexibility index (Phi) is 22.8. The lowest BCUT2D eigenvalue weighted by Crippen LogP contribution is -2.55. The normalized spacial score (nSPS) is 21.4. The van der Waals surface area contributed by atoms with Gasteiger partial charge in [-0.15, -0.1) is 22.7 Å². The van der Waals surface area contributed by atoms with Gasteiger partial charge in [-0.2, -0.15) is 0 Å². The van der Waals surface area contributed by atoms with E-state index in [2.05, 4.69) is 30.9 Å². The van der Waals surface area contributed by atoms with Crippen LogP contribution in [0.15, 0.2) is 80.7 Å². The number of carbonyl (C=O) groups is 6. The average Bonchev–Trinajstić information content (AvgIpc) is 1.68. The van der Waals surface area contributed by atoms with Gasteiger partial charge in [0.15, 0.2) is 23.2 Å². The molecule has 8 heterocycles. The highest BCUT2D eigenvalue weighted by Gasteiger charge is 2.46. The van der Waals surface area contributed by atoms with Gasteiger partial charge in [-0.1, -0.05) is 86.5 Å². The highest BCUT2D eigenvalue weighted by molar-refractivity contribution is 7.13. The van der Waals surface area contributed by atoms with E-state index in [0.29, 0.717) is 62.4 Å². The quantitative estimate of drug-likeness (QED) is 0.0701. The van der Waals surface area contributed by atoms with Crippen molar-refractivity contribution in [2.75, 3.05) is 62.2 Å². The van der Waals surface area contributed by atoms with E-state index < -0.39 is 47.3 Å². The third-order valence-electron chi connectivity index (χ3n) is 18.0. The molecular weight excluding hydrogens is 1260 g/mol. The lowest BCUT2D eigenvalue weighted by Gasteiger charge is -2.40. The number of β-amino-alcohol motifs (C(OH)–C–C–N with tert-alkyl or cyclic N) is 2. The van der Waals surface area contributed by atoms with Gasteiger partial charge in [-0.05, 0) is 117 Å². The molecule has 520 valence electrons. The Balaban J connectivity index is 0.000000225. The fraction of sp³-hybridized carbons (Fsp3) is 0.571. The van der Waals surface area contributed by atoms with Gasteiger partial charge in [-0.25, -0.2) is 19.6 Å². The number of hydrogen-bond donors (Lipinski definition) is 4. The molecule has 0 unspecified atom stereocenters. The maximum absolute atomic E-state index is 14.1. The molecule has 10 rings (SSSR count). The summed E-state index contributed by atoms with van der Waals surface area (Å²) in [5.41, 5.74) is 8.46. The second kappa shape index (κ2) is 30.2. The van der Waals surface area contributed by atoms with Gasteiger partial charge < -0.3 is 68.8 Å². The Bertz CT molecular complexity index is 3430. The number of likely N-dealkylation sites (tertiary alicyclic amines) is 2. The number of nitrogens with zero attached hydrogens (tertiary/aromatic N) is 10. The topological polar surface area (TPSA) is 283 Å². The number of aliphatic hydroxyl groups excluding tert-OH is 2. The molecule has 4 aromatic heterocycles. The third kappa shape index (κ3) is 17.2. The minimum atomic E-state index is -0.820. The fourth-order valence-corrected chi connectivity index (χ4v) is 14.5. The van der Waals surface area contributed by atoms with Gasteiger partial charge in [0.2, 0.25) is 23.6 Å².